The van der Waals surface area contributed by atoms with Gasteiger partial charge in [-0.05, 0) is 67.5 Å². The van der Waals surface area contributed by atoms with Crippen molar-refractivity contribution in [3.63, 3.8) is 0 Å². The quantitative estimate of drug-likeness (QED) is 0.643. The van der Waals surface area contributed by atoms with Crippen molar-refractivity contribution in [2.75, 3.05) is 0 Å². The number of allylic oxidation sites excluding steroid dienone is 4. The minimum Gasteiger partial charge on any atom is -0.299 e. The Labute approximate surface area is 165 Å². The summed E-state index contributed by atoms with van der Waals surface area (Å²) in [6, 6.07) is 12.6. The standard InChI is InChI=1S/C24H23FN2O/c25-22-8-2-5-18(15-22)4-1-7-21-14-20(16-26)9-11-23(21)24(28)12-10-19-6-3-13-27-17-19/h2-3,5-6,8-9,13-15,17,23H,1,4,7,10-12H2. The lowest BCUT2D eigenvalue weighted by Crippen LogP contribution is -2.19. The van der Waals surface area contributed by atoms with Crippen LogP contribution in [0.2, 0.25) is 0 Å². The highest BCUT2D eigenvalue weighted by atomic mass is 19.1. The summed E-state index contributed by atoms with van der Waals surface area (Å²) in [4.78, 5) is 16.9. The van der Waals surface area contributed by atoms with E-state index in [-0.39, 0.29) is 17.5 Å². The molecule has 2 aromatic rings. The molecule has 0 saturated carbocycles. The number of pyridine rings is 1. The zero-order chi connectivity index (χ0) is 19.8. The van der Waals surface area contributed by atoms with Crippen molar-refractivity contribution >= 4 is 5.78 Å². The van der Waals surface area contributed by atoms with Crippen molar-refractivity contribution in [2.24, 2.45) is 5.92 Å². The maximum absolute atomic E-state index is 13.3. The largest absolute Gasteiger partial charge is 0.299 e. The highest BCUT2D eigenvalue weighted by Crippen LogP contribution is 2.30. The molecule has 0 N–H and O–H groups in total. The molecule has 1 aromatic carbocycles. The molecular weight excluding hydrogens is 351 g/mol. The van der Waals surface area contributed by atoms with Crippen LogP contribution in [0.4, 0.5) is 4.39 Å². The molecule has 1 aromatic heterocycles. The Morgan fingerprint density at radius 3 is 2.79 bits per heavy atom. The highest BCUT2D eigenvalue weighted by Gasteiger charge is 2.24. The topological polar surface area (TPSA) is 53.8 Å². The lowest BCUT2D eigenvalue weighted by Gasteiger charge is -2.22. The molecule has 28 heavy (non-hydrogen) atoms. The zero-order valence-electron chi connectivity index (χ0n) is 15.8. The van der Waals surface area contributed by atoms with Crippen LogP contribution in [-0.2, 0) is 17.6 Å². The number of carbonyl (C=O) groups is 1. The summed E-state index contributed by atoms with van der Waals surface area (Å²) in [5, 5.41) is 9.22. The Morgan fingerprint density at radius 2 is 2.04 bits per heavy atom. The first kappa shape index (κ1) is 19.7. The van der Waals surface area contributed by atoms with E-state index in [1.165, 1.54) is 6.07 Å². The summed E-state index contributed by atoms with van der Waals surface area (Å²) in [7, 11) is 0. The molecule has 1 unspecified atom stereocenters. The number of aryl methyl sites for hydroxylation is 2. The van der Waals surface area contributed by atoms with E-state index < -0.39 is 0 Å². The molecule has 0 spiro atoms. The Hall–Kier alpha value is -3.06. The number of benzene rings is 1. The number of hydrogen-bond acceptors (Lipinski definition) is 3. The molecule has 4 heteroatoms. The van der Waals surface area contributed by atoms with Gasteiger partial charge in [0.05, 0.1) is 6.07 Å². The summed E-state index contributed by atoms with van der Waals surface area (Å²) < 4.78 is 13.3. The van der Waals surface area contributed by atoms with Gasteiger partial charge in [-0.1, -0.05) is 29.8 Å². The molecule has 0 fully saturated rings. The summed E-state index contributed by atoms with van der Waals surface area (Å²) in [6.45, 7) is 0. The Kier molecular flexibility index (Phi) is 6.86. The number of nitriles is 1. The summed E-state index contributed by atoms with van der Waals surface area (Å²) in [5.74, 6) is -0.192. The van der Waals surface area contributed by atoms with E-state index in [2.05, 4.69) is 11.1 Å². The van der Waals surface area contributed by atoms with E-state index in [0.717, 1.165) is 36.0 Å². The van der Waals surface area contributed by atoms with E-state index in [9.17, 15) is 14.4 Å². The van der Waals surface area contributed by atoms with E-state index in [4.69, 9.17) is 0 Å². The van der Waals surface area contributed by atoms with Crippen LogP contribution in [0.5, 0.6) is 0 Å². The second-order valence-corrected chi connectivity index (χ2v) is 7.09. The third-order valence-electron chi connectivity index (χ3n) is 5.08. The van der Waals surface area contributed by atoms with E-state index in [1.54, 1.807) is 24.5 Å². The Morgan fingerprint density at radius 1 is 1.18 bits per heavy atom. The first-order valence-electron chi connectivity index (χ1n) is 9.62. The van der Waals surface area contributed by atoms with Gasteiger partial charge >= 0.3 is 0 Å². The van der Waals surface area contributed by atoms with Gasteiger partial charge in [0, 0.05) is 30.3 Å². The van der Waals surface area contributed by atoms with Crippen LogP contribution in [0.15, 0.2) is 72.1 Å². The van der Waals surface area contributed by atoms with Crippen LogP contribution in [-0.4, -0.2) is 10.8 Å². The van der Waals surface area contributed by atoms with Gasteiger partial charge in [-0.2, -0.15) is 5.26 Å². The molecule has 1 aliphatic rings. The number of hydrogen-bond donors (Lipinski definition) is 0. The molecule has 3 rings (SSSR count). The van der Waals surface area contributed by atoms with Gasteiger partial charge in [0.1, 0.15) is 11.6 Å². The van der Waals surface area contributed by atoms with Gasteiger partial charge in [0.15, 0.2) is 0 Å². The maximum atomic E-state index is 13.3. The molecule has 0 bridgehead atoms. The molecule has 0 radical (unpaired) electrons. The fourth-order valence-electron chi connectivity index (χ4n) is 3.59. The lowest BCUT2D eigenvalue weighted by atomic mass is 9.81. The second kappa shape index (κ2) is 9.75. The third kappa shape index (κ3) is 5.47. The van der Waals surface area contributed by atoms with Crippen LogP contribution < -0.4 is 0 Å². The van der Waals surface area contributed by atoms with Crippen molar-refractivity contribution in [1.29, 1.82) is 5.26 Å². The smallest absolute Gasteiger partial charge is 0.140 e. The summed E-state index contributed by atoms with van der Waals surface area (Å²) in [6.07, 6.45) is 11.3. The van der Waals surface area contributed by atoms with Crippen molar-refractivity contribution in [3.05, 3.63) is 89.0 Å². The first-order valence-corrected chi connectivity index (χ1v) is 9.62. The van der Waals surface area contributed by atoms with Crippen molar-refractivity contribution in [3.8, 4) is 6.07 Å². The number of aromatic nitrogens is 1. The predicted molar refractivity (Wildman–Crippen MR) is 107 cm³/mol. The zero-order valence-corrected chi connectivity index (χ0v) is 15.8. The summed E-state index contributed by atoms with van der Waals surface area (Å²) in [5.41, 5.74) is 3.65. The average Bonchev–Trinajstić information content (AvgIpc) is 2.73. The van der Waals surface area contributed by atoms with E-state index in [1.807, 2.05) is 30.4 Å². The molecular formula is C24H23FN2O. The fraction of sp³-hybridized carbons (Fsp3) is 0.292. The van der Waals surface area contributed by atoms with Gasteiger partial charge in [-0.25, -0.2) is 4.39 Å². The number of nitrogens with zero attached hydrogens (tertiary/aromatic N) is 2. The normalized spacial score (nSPS) is 16.1. The molecule has 1 atom stereocenters. The Bertz CT molecular complexity index is 925. The monoisotopic (exact) mass is 374 g/mol. The molecule has 1 heterocycles. The average molecular weight is 374 g/mol. The number of halogens is 1. The molecule has 142 valence electrons. The first-order chi connectivity index (χ1) is 13.7. The van der Waals surface area contributed by atoms with Gasteiger partial charge in [-0.3, -0.25) is 9.78 Å². The molecule has 0 aliphatic heterocycles. The maximum Gasteiger partial charge on any atom is 0.140 e. The van der Waals surface area contributed by atoms with Gasteiger partial charge in [-0.15, -0.1) is 0 Å². The van der Waals surface area contributed by atoms with Crippen molar-refractivity contribution in [2.45, 2.75) is 38.5 Å². The van der Waals surface area contributed by atoms with Crippen LogP contribution in [0.3, 0.4) is 0 Å². The SMILES string of the molecule is N#CC1=CCC(C(=O)CCc2cccnc2)C(CCCc2cccc(F)c2)=C1. The van der Waals surface area contributed by atoms with Gasteiger partial charge in [0.25, 0.3) is 0 Å². The highest BCUT2D eigenvalue weighted by molar-refractivity contribution is 5.84. The predicted octanol–water partition coefficient (Wildman–Crippen LogP) is 5.14. The number of Topliss-reactive ketones (excluding diaryl/α,β-unsaturated/α-hetero) is 1. The number of ketones is 1. The van der Waals surface area contributed by atoms with Crippen LogP contribution in [0.25, 0.3) is 0 Å². The molecule has 3 nitrogen and oxygen atoms in total. The number of carbonyl (C=O) groups excluding carboxylic acids is 1. The van der Waals surface area contributed by atoms with Crippen molar-refractivity contribution in [1.82, 2.24) is 4.98 Å². The minimum atomic E-state index is -0.229. The van der Waals surface area contributed by atoms with Crippen LogP contribution in [0, 0.1) is 23.1 Å². The van der Waals surface area contributed by atoms with Gasteiger partial charge in [0.2, 0.25) is 0 Å². The molecule has 1 aliphatic carbocycles. The molecule has 0 amide bonds. The Balaban J connectivity index is 1.61. The minimum absolute atomic E-state index is 0.165. The number of rotatable bonds is 8. The van der Waals surface area contributed by atoms with Crippen LogP contribution in [0.1, 0.15) is 36.8 Å². The van der Waals surface area contributed by atoms with Gasteiger partial charge < -0.3 is 0 Å². The van der Waals surface area contributed by atoms with Crippen LogP contribution >= 0.6 is 0 Å². The second-order valence-electron chi connectivity index (χ2n) is 7.09. The fourth-order valence-corrected chi connectivity index (χ4v) is 3.59. The molecule has 0 saturated heterocycles. The van der Waals surface area contributed by atoms with E-state index >= 15 is 0 Å². The summed E-state index contributed by atoms with van der Waals surface area (Å²) >= 11 is 0. The third-order valence-corrected chi connectivity index (χ3v) is 5.08. The lowest BCUT2D eigenvalue weighted by molar-refractivity contribution is -0.121. The van der Waals surface area contributed by atoms with E-state index in [0.29, 0.717) is 24.8 Å². The van der Waals surface area contributed by atoms with Crippen molar-refractivity contribution < 1.29 is 9.18 Å².